The fourth-order valence-corrected chi connectivity index (χ4v) is 1.79. The van der Waals surface area contributed by atoms with E-state index in [4.69, 9.17) is 10.00 Å². The van der Waals surface area contributed by atoms with Crippen LogP contribution in [-0.4, -0.2) is 23.1 Å². The molecule has 116 valence electrons. The fourth-order valence-electron chi connectivity index (χ4n) is 1.79. The van der Waals surface area contributed by atoms with E-state index in [0.717, 1.165) is 0 Å². The third-order valence-corrected chi connectivity index (χ3v) is 2.84. The first kappa shape index (κ1) is 16.0. The molecular formula is C16H13N3O4. The Morgan fingerprint density at radius 2 is 2.04 bits per heavy atom. The largest absolute Gasteiger partial charge is 0.454 e. The highest BCUT2D eigenvalue weighted by molar-refractivity contribution is 5.92. The molecule has 2 aromatic rings. The zero-order valence-corrected chi connectivity index (χ0v) is 12.1. The average Bonchev–Trinajstić information content (AvgIpc) is 2.55. The van der Waals surface area contributed by atoms with E-state index in [0.29, 0.717) is 11.3 Å². The molecule has 1 N–H and O–H groups in total. The first-order valence-corrected chi connectivity index (χ1v) is 6.69. The van der Waals surface area contributed by atoms with E-state index < -0.39 is 18.5 Å². The summed E-state index contributed by atoms with van der Waals surface area (Å²) < 4.78 is 5.99. The maximum atomic E-state index is 11.7. The van der Waals surface area contributed by atoms with Crippen LogP contribution in [0.25, 0.3) is 0 Å². The Balaban J connectivity index is 1.84. The number of benzene rings is 1. The van der Waals surface area contributed by atoms with E-state index >= 15 is 0 Å². The molecule has 0 radical (unpaired) electrons. The summed E-state index contributed by atoms with van der Waals surface area (Å²) in [5, 5.41) is 11.3. The van der Waals surface area contributed by atoms with Crippen LogP contribution >= 0.6 is 0 Å². The highest BCUT2D eigenvalue weighted by atomic mass is 16.5. The smallest absolute Gasteiger partial charge is 0.326 e. The number of esters is 1. The molecule has 7 nitrogen and oxygen atoms in total. The number of nitrogens with one attached hydrogen (secondary N) is 1. The molecule has 0 aliphatic heterocycles. The van der Waals surface area contributed by atoms with Gasteiger partial charge >= 0.3 is 5.97 Å². The van der Waals surface area contributed by atoms with Crippen molar-refractivity contribution in [2.24, 2.45) is 0 Å². The van der Waals surface area contributed by atoms with Crippen LogP contribution in [0.15, 0.2) is 53.5 Å². The molecular weight excluding hydrogens is 298 g/mol. The molecule has 23 heavy (non-hydrogen) atoms. The number of nitriles is 1. The zero-order chi connectivity index (χ0) is 16.7. The van der Waals surface area contributed by atoms with E-state index in [-0.39, 0.29) is 12.1 Å². The normalized spacial score (nSPS) is 9.70. The third-order valence-electron chi connectivity index (χ3n) is 2.84. The molecule has 0 atom stereocenters. The van der Waals surface area contributed by atoms with Gasteiger partial charge in [-0.15, -0.1) is 0 Å². The van der Waals surface area contributed by atoms with Gasteiger partial charge in [0.1, 0.15) is 6.54 Å². The highest BCUT2D eigenvalue weighted by Crippen LogP contribution is 2.09. The summed E-state index contributed by atoms with van der Waals surface area (Å²) in [6.45, 7) is -0.742. The monoisotopic (exact) mass is 311 g/mol. The lowest BCUT2D eigenvalue weighted by atomic mass is 10.2. The van der Waals surface area contributed by atoms with Crippen LogP contribution in [0.4, 0.5) is 5.69 Å². The summed E-state index contributed by atoms with van der Waals surface area (Å²) in [5.41, 5.74) is 0.509. The second-order valence-corrected chi connectivity index (χ2v) is 4.57. The van der Waals surface area contributed by atoms with Crippen molar-refractivity contribution >= 4 is 17.6 Å². The van der Waals surface area contributed by atoms with Gasteiger partial charge in [0.25, 0.3) is 11.5 Å². The van der Waals surface area contributed by atoms with Crippen molar-refractivity contribution in [3.05, 3.63) is 64.6 Å². The van der Waals surface area contributed by atoms with Crippen LogP contribution < -0.4 is 10.9 Å². The number of ether oxygens (including phenoxy) is 1. The van der Waals surface area contributed by atoms with Crippen LogP contribution in [0, 0.1) is 11.3 Å². The molecule has 1 aromatic carbocycles. The lowest BCUT2D eigenvalue weighted by molar-refractivity contribution is -0.147. The molecule has 0 saturated heterocycles. The third kappa shape index (κ3) is 4.82. The molecule has 0 unspecified atom stereocenters. The molecule has 0 saturated carbocycles. The zero-order valence-electron chi connectivity index (χ0n) is 12.1. The van der Waals surface area contributed by atoms with Gasteiger partial charge in [-0.2, -0.15) is 5.26 Å². The fraction of sp³-hybridized carbons (Fsp3) is 0.125. The number of pyridine rings is 1. The number of hydrogen-bond donors (Lipinski definition) is 1. The number of aromatic nitrogens is 1. The van der Waals surface area contributed by atoms with Crippen molar-refractivity contribution in [1.29, 1.82) is 5.26 Å². The van der Waals surface area contributed by atoms with Crippen LogP contribution in [-0.2, 0) is 20.9 Å². The van der Waals surface area contributed by atoms with Gasteiger partial charge in [-0.1, -0.05) is 12.1 Å². The van der Waals surface area contributed by atoms with Crippen molar-refractivity contribution in [2.45, 2.75) is 6.54 Å². The van der Waals surface area contributed by atoms with Gasteiger partial charge < -0.3 is 14.6 Å². The maximum absolute atomic E-state index is 11.7. The molecule has 1 heterocycles. The number of rotatable bonds is 5. The second kappa shape index (κ2) is 7.56. The van der Waals surface area contributed by atoms with Gasteiger partial charge in [0.05, 0.1) is 11.6 Å². The molecule has 1 aromatic heterocycles. The molecule has 2 rings (SSSR count). The number of carbonyl (C=O) groups excluding carboxylic acids is 2. The van der Waals surface area contributed by atoms with Crippen molar-refractivity contribution in [1.82, 2.24) is 4.57 Å². The Kier molecular flexibility index (Phi) is 5.25. The van der Waals surface area contributed by atoms with Gasteiger partial charge in [0.15, 0.2) is 6.61 Å². The van der Waals surface area contributed by atoms with Gasteiger partial charge in [0.2, 0.25) is 0 Å². The van der Waals surface area contributed by atoms with Gasteiger partial charge in [-0.3, -0.25) is 14.4 Å². The van der Waals surface area contributed by atoms with E-state index in [1.807, 2.05) is 6.07 Å². The minimum atomic E-state index is -0.695. The predicted molar refractivity (Wildman–Crippen MR) is 81.4 cm³/mol. The first-order chi connectivity index (χ1) is 11.1. The van der Waals surface area contributed by atoms with Crippen molar-refractivity contribution < 1.29 is 14.3 Å². The SMILES string of the molecule is N#Cc1cccc(NC(=O)COC(=O)Cn2ccccc2=O)c1. The summed E-state index contributed by atoms with van der Waals surface area (Å²) in [4.78, 5) is 34.8. The van der Waals surface area contributed by atoms with E-state index in [9.17, 15) is 14.4 Å². The lowest BCUT2D eigenvalue weighted by Crippen LogP contribution is -2.26. The Morgan fingerprint density at radius 3 is 2.78 bits per heavy atom. The number of hydrogen-bond acceptors (Lipinski definition) is 5. The first-order valence-electron chi connectivity index (χ1n) is 6.69. The van der Waals surface area contributed by atoms with Crippen LogP contribution in [0.2, 0.25) is 0 Å². The summed E-state index contributed by atoms with van der Waals surface area (Å²) in [5.74, 6) is -1.23. The molecule has 0 spiro atoms. The van der Waals surface area contributed by atoms with E-state index in [1.165, 1.54) is 22.9 Å². The standard InChI is InChI=1S/C16H13N3O4/c17-9-12-4-3-5-13(8-12)18-14(20)11-23-16(22)10-19-7-2-1-6-15(19)21/h1-8H,10-11H2,(H,18,20). The topological polar surface area (TPSA) is 101 Å². The van der Waals surface area contributed by atoms with Crippen LogP contribution in [0.3, 0.4) is 0 Å². The average molecular weight is 311 g/mol. The van der Waals surface area contributed by atoms with Crippen LogP contribution in [0.1, 0.15) is 5.56 Å². The van der Waals surface area contributed by atoms with Gasteiger partial charge in [-0.25, -0.2) is 0 Å². The summed E-state index contributed by atoms with van der Waals surface area (Å²) >= 11 is 0. The summed E-state index contributed by atoms with van der Waals surface area (Å²) in [7, 11) is 0. The lowest BCUT2D eigenvalue weighted by Gasteiger charge is -2.07. The molecule has 7 heteroatoms. The Bertz CT molecular complexity index is 820. The van der Waals surface area contributed by atoms with Crippen molar-refractivity contribution in [2.75, 3.05) is 11.9 Å². The van der Waals surface area contributed by atoms with E-state index in [2.05, 4.69) is 5.32 Å². The molecule has 0 bridgehead atoms. The van der Waals surface area contributed by atoms with Crippen molar-refractivity contribution in [3.63, 3.8) is 0 Å². The quantitative estimate of drug-likeness (QED) is 0.827. The number of nitrogens with zero attached hydrogens (tertiary/aromatic N) is 2. The van der Waals surface area contributed by atoms with Gasteiger partial charge in [0, 0.05) is 18.0 Å². The molecule has 0 aliphatic rings. The van der Waals surface area contributed by atoms with Crippen LogP contribution in [0.5, 0.6) is 0 Å². The maximum Gasteiger partial charge on any atom is 0.326 e. The Hall–Kier alpha value is -3.40. The number of anilines is 1. The Labute approximate surface area is 131 Å². The number of carbonyl (C=O) groups is 2. The summed E-state index contributed by atoms with van der Waals surface area (Å²) in [6.07, 6.45) is 1.46. The summed E-state index contributed by atoms with van der Waals surface area (Å²) in [6, 6.07) is 12.8. The van der Waals surface area contributed by atoms with E-state index in [1.54, 1.807) is 30.3 Å². The predicted octanol–water partition coefficient (Wildman–Crippen LogP) is 0.902. The molecule has 1 amide bonds. The minimum absolute atomic E-state index is 0.267. The Morgan fingerprint density at radius 1 is 1.22 bits per heavy atom. The molecule has 0 aliphatic carbocycles. The molecule has 0 fully saturated rings. The highest BCUT2D eigenvalue weighted by Gasteiger charge is 2.09. The number of amides is 1. The van der Waals surface area contributed by atoms with Gasteiger partial charge in [-0.05, 0) is 24.3 Å². The van der Waals surface area contributed by atoms with Crippen molar-refractivity contribution in [3.8, 4) is 6.07 Å². The minimum Gasteiger partial charge on any atom is -0.454 e. The second-order valence-electron chi connectivity index (χ2n) is 4.57.